The number of halogens is 3. The van der Waals surface area contributed by atoms with Crippen LogP contribution in [0.3, 0.4) is 0 Å². The Labute approximate surface area is 164 Å². The van der Waals surface area contributed by atoms with Gasteiger partial charge in [-0.25, -0.2) is 0 Å². The smallest absolute Gasteiger partial charge is 0.416 e. The van der Waals surface area contributed by atoms with Crippen molar-refractivity contribution in [2.75, 3.05) is 11.9 Å². The molecule has 3 rings (SSSR count). The first-order valence-electron chi connectivity index (χ1n) is 8.72. The van der Waals surface area contributed by atoms with Gasteiger partial charge in [-0.15, -0.1) is 0 Å². The Morgan fingerprint density at radius 2 is 1.69 bits per heavy atom. The number of alkyl halides is 3. The highest BCUT2D eigenvalue weighted by molar-refractivity contribution is 6.03. The second kappa shape index (κ2) is 8.64. The van der Waals surface area contributed by atoms with Crippen molar-refractivity contribution >= 4 is 17.5 Å². The fourth-order valence-electron chi connectivity index (χ4n) is 2.62. The summed E-state index contributed by atoms with van der Waals surface area (Å²) in [5, 5.41) is 5.34. The number of anilines is 1. The van der Waals surface area contributed by atoms with Crippen LogP contribution in [-0.4, -0.2) is 18.4 Å². The highest BCUT2D eigenvalue weighted by Gasteiger charge is 2.29. The molecule has 1 heterocycles. The van der Waals surface area contributed by atoms with Gasteiger partial charge in [0, 0.05) is 17.8 Å². The highest BCUT2D eigenvalue weighted by atomic mass is 19.4. The molecule has 0 saturated carbocycles. The fraction of sp³-hybridized carbons (Fsp3) is 0.143. The molecule has 29 heavy (non-hydrogen) atoms. The largest absolute Gasteiger partial charge is 0.459 e. The Balaban J connectivity index is 1.53. The van der Waals surface area contributed by atoms with Gasteiger partial charge in [-0.3, -0.25) is 9.59 Å². The quantitative estimate of drug-likeness (QED) is 0.637. The predicted molar refractivity (Wildman–Crippen MR) is 101 cm³/mol. The summed E-state index contributed by atoms with van der Waals surface area (Å²) in [6.07, 6.45) is -2.60. The van der Waals surface area contributed by atoms with Crippen LogP contribution < -0.4 is 10.6 Å². The van der Waals surface area contributed by atoms with Crippen LogP contribution in [0, 0.1) is 0 Å². The van der Waals surface area contributed by atoms with E-state index in [1.807, 2.05) is 0 Å². The third-order valence-corrected chi connectivity index (χ3v) is 4.11. The maximum Gasteiger partial charge on any atom is 0.416 e. The molecule has 2 N–H and O–H groups in total. The summed E-state index contributed by atoms with van der Waals surface area (Å²) in [4.78, 5) is 24.3. The van der Waals surface area contributed by atoms with Crippen LogP contribution >= 0.6 is 0 Å². The summed E-state index contributed by atoms with van der Waals surface area (Å²) in [7, 11) is 0. The number of amides is 2. The standard InChI is InChI=1S/C21H17F3N2O3/c22-21(23,24)16-8-6-14(7-9-16)10-11-25-19(27)15-3-1-4-17(13-15)26-20(28)18-5-2-12-29-18/h1-9,12-13H,10-11H2,(H,25,27)(H,26,28). The van der Waals surface area contributed by atoms with Crippen LogP contribution in [0.5, 0.6) is 0 Å². The first kappa shape index (κ1) is 20.2. The molecule has 0 atom stereocenters. The van der Waals surface area contributed by atoms with Gasteiger partial charge in [0.05, 0.1) is 11.8 Å². The van der Waals surface area contributed by atoms with Gasteiger partial charge in [0.15, 0.2) is 5.76 Å². The highest BCUT2D eigenvalue weighted by Crippen LogP contribution is 2.29. The van der Waals surface area contributed by atoms with E-state index in [0.717, 1.165) is 12.1 Å². The van der Waals surface area contributed by atoms with Crippen molar-refractivity contribution in [2.24, 2.45) is 0 Å². The second-order valence-electron chi connectivity index (χ2n) is 6.21. The molecule has 0 fully saturated rings. The normalized spacial score (nSPS) is 11.1. The van der Waals surface area contributed by atoms with Crippen LogP contribution in [0.25, 0.3) is 0 Å². The molecule has 2 amide bonds. The third-order valence-electron chi connectivity index (χ3n) is 4.11. The number of benzene rings is 2. The minimum atomic E-state index is -4.37. The Hall–Kier alpha value is -3.55. The molecular weight excluding hydrogens is 385 g/mol. The minimum Gasteiger partial charge on any atom is -0.459 e. The van der Waals surface area contributed by atoms with Gasteiger partial charge in [0.1, 0.15) is 0 Å². The lowest BCUT2D eigenvalue weighted by atomic mass is 10.1. The first-order valence-corrected chi connectivity index (χ1v) is 8.72. The number of rotatable bonds is 6. The van der Waals surface area contributed by atoms with Crippen molar-refractivity contribution in [3.8, 4) is 0 Å². The van der Waals surface area contributed by atoms with Crippen LogP contribution in [0.15, 0.2) is 71.3 Å². The molecule has 0 bridgehead atoms. The van der Waals surface area contributed by atoms with Crippen molar-refractivity contribution in [3.05, 3.63) is 89.4 Å². The lowest BCUT2D eigenvalue weighted by molar-refractivity contribution is -0.137. The van der Waals surface area contributed by atoms with Gasteiger partial charge < -0.3 is 15.1 Å². The van der Waals surface area contributed by atoms with Crippen molar-refractivity contribution in [1.29, 1.82) is 0 Å². The van der Waals surface area contributed by atoms with E-state index in [4.69, 9.17) is 4.42 Å². The molecule has 1 aromatic heterocycles. The van der Waals surface area contributed by atoms with Gasteiger partial charge in [-0.05, 0) is 54.4 Å². The molecule has 0 saturated heterocycles. The summed E-state index contributed by atoms with van der Waals surface area (Å²) in [5.74, 6) is -0.641. The van der Waals surface area contributed by atoms with E-state index < -0.39 is 17.6 Å². The van der Waals surface area contributed by atoms with Crippen LogP contribution in [0.1, 0.15) is 32.0 Å². The number of nitrogens with one attached hydrogen (secondary N) is 2. The maximum atomic E-state index is 12.6. The Morgan fingerprint density at radius 3 is 2.34 bits per heavy atom. The number of carbonyl (C=O) groups excluding carboxylic acids is 2. The average molecular weight is 402 g/mol. The zero-order chi connectivity index (χ0) is 20.9. The Morgan fingerprint density at radius 1 is 0.931 bits per heavy atom. The van der Waals surface area contributed by atoms with Gasteiger partial charge in [-0.1, -0.05) is 18.2 Å². The van der Waals surface area contributed by atoms with E-state index in [-0.39, 0.29) is 18.2 Å². The van der Waals surface area contributed by atoms with Crippen LogP contribution in [0.2, 0.25) is 0 Å². The van der Waals surface area contributed by atoms with E-state index in [9.17, 15) is 22.8 Å². The molecule has 0 aliphatic rings. The molecular formula is C21H17F3N2O3. The number of carbonyl (C=O) groups is 2. The summed E-state index contributed by atoms with van der Waals surface area (Å²) in [6.45, 7) is 0.257. The Kier molecular flexibility index (Phi) is 6.01. The van der Waals surface area contributed by atoms with E-state index in [1.54, 1.807) is 24.3 Å². The van der Waals surface area contributed by atoms with Crippen molar-refractivity contribution in [3.63, 3.8) is 0 Å². The molecule has 0 unspecified atom stereocenters. The average Bonchev–Trinajstić information content (AvgIpc) is 3.23. The van der Waals surface area contributed by atoms with Crippen molar-refractivity contribution < 1.29 is 27.2 Å². The Bertz CT molecular complexity index is 981. The molecule has 5 nitrogen and oxygen atoms in total. The van der Waals surface area contributed by atoms with E-state index >= 15 is 0 Å². The summed E-state index contributed by atoms with van der Waals surface area (Å²) < 4.78 is 42.7. The van der Waals surface area contributed by atoms with Crippen LogP contribution in [0.4, 0.5) is 18.9 Å². The van der Waals surface area contributed by atoms with Gasteiger partial charge >= 0.3 is 6.18 Å². The zero-order valence-electron chi connectivity index (χ0n) is 15.1. The van der Waals surface area contributed by atoms with E-state index in [1.165, 1.54) is 30.5 Å². The van der Waals surface area contributed by atoms with Crippen molar-refractivity contribution in [1.82, 2.24) is 5.32 Å². The SMILES string of the molecule is O=C(NCCc1ccc(C(F)(F)F)cc1)c1cccc(NC(=O)c2ccco2)c1. The second-order valence-corrected chi connectivity index (χ2v) is 6.21. The number of furan rings is 1. The zero-order valence-corrected chi connectivity index (χ0v) is 15.1. The van der Waals surface area contributed by atoms with Crippen molar-refractivity contribution in [2.45, 2.75) is 12.6 Å². The number of hydrogen-bond acceptors (Lipinski definition) is 3. The van der Waals surface area contributed by atoms with E-state index in [0.29, 0.717) is 23.2 Å². The molecule has 3 aromatic rings. The first-order chi connectivity index (χ1) is 13.8. The van der Waals surface area contributed by atoms with Crippen LogP contribution in [-0.2, 0) is 12.6 Å². The molecule has 0 radical (unpaired) electrons. The monoisotopic (exact) mass is 402 g/mol. The molecule has 150 valence electrons. The summed E-state index contributed by atoms with van der Waals surface area (Å²) >= 11 is 0. The van der Waals surface area contributed by atoms with Gasteiger partial charge in [0.2, 0.25) is 0 Å². The molecule has 8 heteroatoms. The fourth-order valence-corrected chi connectivity index (χ4v) is 2.62. The summed E-state index contributed by atoms with van der Waals surface area (Å²) in [5.41, 5.74) is 0.743. The molecule has 0 aliphatic heterocycles. The summed E-state index contributed by atoms with van der Waals surface area (Å²) in [6, 6.07) is 14.3. The number of hydrogen-bond donors (Lipinski definition) is 2. The van der Waals surface area contributed by atoms with Gasteiger partial charge in [0.25, 0.3) is 11.8 Å². The lowest BCUT2D eigenvalue weighted by Crippen LogP contribution is -2.25. The van der Waals surface area contributed by atoms with E-state index in [2.05, 4.69) is 10.6 Å². The lowest BCUT2D eigenvalue weighted by Gasteiger charge is -2.09. The maximum absolute atomic E-state index is 12.6. The minimum absolute atomic E-state index is 0.149. The molecule has 0 aliphatic carbocycles. The predicted octanol–water partition coefficient (Wildman–Crippen LogP) is 4.52. The third kappa shape index (κ3) is 5.47. The topological polar surface area (TPSA) is 71.3 Å². The molecule has 2 aromatic carbocycles. The molecule has 0 spiro atoms. The van der Waals surface area contributed by atoms with Gasteiger partial charge in [-0.2, -0.15) is 13.2 Å².